The summed E-state index contributed by atoms with van der Waals surface area (Å²) in [5.41, 5.74) is -1.03. The summed E-state index contributed by atoms with van der Waals surface area (Å²) >= 11 is 9.97. The van der Waals surface area contributed by atoms with Crippen LogP contribution in [0.15, 0.2) is 16.5 Å². The van der Waals surface area contributed by atoms with E-state index in [4.69, 9.17) is 11.6 Å². The van der Waals surface area contributed by atoms with Crippen LogP contribution in [-0.4, -0.2) is 7.05 Å². The molecule has 1 rings (SSSR count). The number of alkyl halides is 3. The SMILES string of the molecule is CNc1c(Cl)cc(N=S)cc1C(F)(F)F. The van der Waals surface area contributed by atoms with Crippen molar-refractivity contribution in [3.8, 4) is 0 Å². The van der Waals surface area contributed by atoms with Crippen molar-refractivity contribution >= 4 is 35.4 Å². The van der Waals surface area contributed by atoms with Gasteiger partial charge in [0.25, 0.3) is 0 Å². The van der Waals surface area contributed by atoms with Crippen LogP contribution in [0.2, 0.25) is 5.02 Å². The Morgan fingerprint density at radius 1 is 1.40 bits per heavy atom. The summed E-state index contributed by atoms with van der Waals surface area (Å²) in [6.45, 7) is 0. The van der Waals surface area contributed by atoms with Gasteiger partial charge in [-0.2, -0.15) is 17.5 Å². The number of hydrogen-bond donors (Lipinski definition) is 1. The lowest BCUT2D eigenvalue weighted by molar-refractivity contribution is -0.136. The van der Waals surface area contributed by atoms with Crippen molar-refractivity contribution < 1.29 is 13.2 Å². The molecule has 0 heterocycles. The zero-order valence-corrected chi connectivity index (χ0v) is 9.09. The van der Waals surface area contributed by atoms with Gasteiger partial charge < -0.3 is 5.32 Å². The lowest BCUT2D eigenvalue weighted by Crippen LogP contribution is -2.09. The Kier molecular flexibility index (Phi) is 3.51. The molecular formula is C8H6ClF3N2S. The highest BCUT2D eigenvalue weighted by atomic mass is 35.5. The van der Waals surface area contributed by atoms with E-state index in [1.807, 2.05) is 0 Å². The molecule has 0 aliphatic carbocycles. The fourth-order valence-corrected chi connectivity index (χ4v) is 1.54. The standard InChI is InChI=1S/C8H6ClF3N2S/c1-13-7-5(8(10,11)12)2-4(14-15)3-6(7)9/h2-3,13H,1H3. The second kappa shape index (κ2) is 4.32. The van der Waals surface area contributed by atoms with Crippen LogP contribution >= 0.6 is 11.6 Å². The van der Waals surface area contributed by atoms with Crippen molar-refractivity contribution in [2.24, 2.45) is 4.36 Å². The summed E-state index contributed by atoms with van der Waals surface area (Å²) < 4.78 is 40.9. The molecule has 15 heavy (non-hydrogen) atoms. The van der Waals surface area contributed by atoms with Gasteiger partial charge in [0, 0.05) is 19.5 Å². The third kappa shape index (κ3) is 2.57. The first-order valence-electron chi connectivity index (χ1n) is 3.82. The van der Waals surface area contributed by atoms with Gasteiger partial charge in [0.15, 0.2) is 0 Å². The highest BCUT2D eigenvalue weighted by molar-refractivity contribution is 7.47. The predicted molar refractivity (Wildman–Crippen MR) is 55.5 cm³/mol. The Morgan fingerprint density at radius 3 is 2.40 bits per heavy atom. The van der Waals surface area contributed by atoms with Crippen LogP contribution in [0.25, 0.3) is 0 Å². The van der Waals surface area contributed by atoms with Gasteiger partial charge in [0.1, 0.15) is 0 Å². The molecule has 0 saturated heterocycles. The average Bonchev–Trinajstić information content (AvgIpc) is 2.15. The minimum atomic E-state index is -4.49. The van der Waals surface area contributed by atoms with E-state index in [-0.39, 0.29) is 16.4 Å². The summed E-state index contributed by atoms with van der Waals surface area (Å²) in [6, 6.07) is 2.13. The van der Waals surface area contributed by atoms with Crippen LogP contribution in [0.5, 0.6) is 0 Å². The molecule has 0 bridgehead atoms. The van der Waals surface area contributed by atoms with Crippen LogP contribution in [0.4, 0.5) is 24.5 Å². The number of nitrogens with one attached hydrogen (secondary N) is 1. The molecule has 1 aromatic rings. The Balaban J connectivity index is 3.45. The van der Waals surface area contributed by atoms with Crippen LogP contribution in [0, 0.1) is 0 Å². The van der Waals surface area contributed by atoms with E-state index in [0.717, 1.165) is 6.07 Å². The van der Waals surface area contributed by atoms with Crippen molar-refractivity contribution in [2.75, 3.05) is 12.4 Å². The first kappa shape index (κ1) is 12.2. The Bertz CT molecular complexity index is 392. The highest BCUT2D eigenvalue weighted by Crippen LogP contribution is 2.41. The van der Waals surface area contributed by atoms with Gasteiger partial charge in [0.2, 0.25) is 0 Å². The zero-order chi connectivity index (χ0) is 11.6. The van der Waals surface area contributed by atoms with Crippen molar-refractivity contribution in [3.05, 3.63) is 22.7 Å². The first-order chi connectivity index (χ1) is 6.90. The molecule has 0 aliphatic heterocycles. The van der Waals surface area contributed by atoms with Gasteiger partial charge >= 0.3 is 6.18 Å². The maximum atomic E-state index is 12.6. The lowest BCUT2D eigenvalue weighted by atomic mass is 10.1. The Morgan fingerprint density at radius 2 is 2.00 bits per heavy atom. The van der Waals surface area contributed by atoms with E-state index in [2.05, 4.69) is 22.1 Å². The van der Waals surface area contributed by atoms with Gasteiger partial charge in [-0.1, -0.05) is 11.6 Å². The third-order valence-electron chi connectivity index (χ3n) is 1.74. The lowest BCUT2D eigenvalue weighted by Gasteiger charge is -2.14. The fraction of sp³-hybridized carbons (Fsp3) is 0.250. The Labute approximate surface area is 94.6 Å². The molecule has 1 aromatic carbocycles. The van der Waals surface area contributed by atoms with Crippen molar-refractivity contribution in [3.63, 3.8) is 0 Å². The van der Waals surface area contributed by atoms with Crippen LogP contribution in [0.3, 0.4) is 0 Å². The summed E-state index contributed by atoms with van der Waals surface area (Å²) in [7, 11) is 1.36. The zero-order valence-electron chi connectivity index (χ0n) is 7.52. The molecule has 82 valence electrons. The number of anilines is 1. The number of nitrogens with zero attached hydrogens (tertiary/aromatic N) is 1. The summed E-state index contributed by atoms with van der Waals surface area (Å²) in [4.78, 5) is 0. The molecule has 0 spiro atoms. The van der Waals surface area contributed by atoms with Crippen LogP contribution in [-0.2, 0) is 18.6 Å². The molecule has 0 aliphatic rings. The van der Waals surface area contributed by atoms with Crippen LogP contribution in [0.1, 0.15) is 5.56 Å². The molecule has 0 aromatic heterocycles. The summed E-state index contributed by atoms with van der Waals surface area (Å²) in [6.07, 6.45) is -4.49. The smallest absolute Gasteiger partial charge is 0.386 e. The third-order valence-corrected chi connectivity index (χ3v) is 2.24. The van der Waals surface area contributed by atoms with E-state index in [1.165, 1.54) is 13.1 Å². The maximum Gasteiger partial charge on any atom is 0.418 e. The van der Waals surface area contributed by atoms with E-state index >= 15 is 0 Å². The number of rotatable bonds is 2. The molecule has 1 N–H and O–H groups in total. The number of benzene rings is 1. The Hall–Kier alpha value is -0.880. The molecule has 0 fully saturated rings. The number of hydrogen-bond acceptors (Lipinski definition) is 3. The minimum Gasteiger partial charge on any atom is -0.386 e. The van der Waals surface area contributed by atoms with Crippen molar-refractivity contribution in [1.29, 1.82) is 0 Å². The molecule has 0 saturated carbocycles. The van der Waals surface area contributed by atoms with E-state index in [0.29, 0.717) is 0 Å². The largest absolute Gasteiger partial charge is 0.418 e. The second-order valence-electron chi connectivity index (χ2n) is 2.69. The van der Waals surface area contributed by atoms with Gasteiger partial charge in [-0.05, 0) is 12.1 Å². The minimum absolute atomic E-state index is 0.0151. The van der Waals surface area contributed by atoms with Crippen molar-refractivity contribution in [1.82, 2.24) is 0 Å². The van der Waals surface area contributed by atoms with Gasteiger partial charge in [-0.25, -0.2) is 0 Å². The molecule has 0 radical (unpaired) electrons. The first-order valence-corrected chi connectivity index (χ1v) is 4.56. The molecule has 0 unspecified atom stereocenters. The van der Waals surface area contributed by atoms with Gasteiger partial charge in [0.05, 0.1) is 22.0 Å². The molecule has 7 heteroatoms. The van der Waals surface area contributed by atoms with Gasteiger partial charge in [-0.15, -0.1) is 0 Å². The monoisotopic (exact) mass is 254 g/mol. The normalized spacial score (nSPS) is 11.3. The molecule has 0 amide bonds. The highest BCUT2D eigenvalue weighted by Gasteiger charge is 2.34. The maximum absolute atomic E-state index is 12.6. The average molecular weight is 255 g/mol. The topological polar surface area (TPSA) is 24.4 Å². The fourth-order valence-electron chi connectivity index (χ4n) is 1.12. The molecule has 2 nitrogen and oxygen atoms in total. The molecular weight excluding hydrogens is 249 g/mol. The van der Waals surface area contributed by atoms with Crippen molar-refractivity contribution in [2.45, 2.75) is 6.18 Å². The summed E-state index contributed by atoms with van der Waals surface area (Å²) in [5, 5.41) is 2.33. The van der Waals surface area contributed by atoms with Crippen LogP contribution < -0.4 is 5.32 Å². The van der Waals surface area contributed by atoms with E-state index in [9.17, 15) is 13.2 Å². The number of halogens is 4. The van der Waals surface area contributed by atoms with E-state index < -0.39 is 11.7 Å². The van der Waals surface area contributed by atoms with Gasteiger partial charge in [-0.3, -0.25) is 0 Å². The quantitative estimate of drug-likeness (QED) is 0.869. The second-order valence-corrected chi connectivity index (χ2v) is 3.28. The predicted octanol–water partition coefficient (Wildman–Crippen LogP) is 3.76. The molecule has 0 atom stereocenters. The van der Waals surface area contributed by atoms with E-state index in [1.54, 1.807) is 0 Å². The summed E-state index contributed by atoms with van der Waals surface area (Å²) in [5.74, 6) is 0.